The zero-order valence-electron chi connectivity index (χ0n) is 7.03. The van der Waals surface area contributed by atoms with Crippen LogP contribution in [0.5, 0.6) is 0 Å². The number of pyridine rings is 1. The van der Waals surface area contributed by atoms with Crippen LogP contribution < -0.4 is 0 Å². The molecular weight excluding hydrogens is 198 g/mol. The molecule has 0 saturated heterocycles. The summed E-state index contributed by atoms with van der Waals surface area (Å²) in [5, 5.41) is 12.2. The molecule has 6 heteroatoms. The Morgan fingerprint density at radius 3 is 3.14 bits per heavy atom. The fraction of sp³-hybridized carbons (Fsp3) is 0. The van der Waals surface area contributed by atoms with Crippen molar-refractivity contribution in [2.75, 3.05) is 0 Å². The zero-order chi connectivity index (χ0) is 9.38. The lowest BCUT2D eigenvalue weighted by molar-refractivity contribution is 0.964. The minimum absolute atomic E-state index is 0.731. The number of hydrogen-bond donors (Lipinski definition) is 0. The van der Waals surface area contributed by atoms with Gasteiger partial charge >= 0.3 is 0 Å². The third kappa shape index (κ3) is 1.01. The van der Waals surface area contributed by atoms with Gasteiger partial charge in [-0.05, 0) is 12.1 Å². The maximum absolute atomic E-state index is 4.14. The van der Waals surface area contributed by atoms with Crippen molar-refractivity contribution in [3.05, 3.63) is 30.0 Å². The van der Waals surface area contributed by atoms with E-state index in [0.29, 0.717) is 0 Å². The van der Waals surface area contributed by atoms with Gasteiger partial charge in [0.15, 0.2) is 5.82 Å². The molecule has 0 unspecified atom stereocenters. The van der Waals surface area contributed by atoms with E-state index in [1.165, 1.54) is 11.3 Å². The fourth-order valence-corrected chi connectivity index (χ4v) is 1.79. The first-order valence-corrected chi connectivity index (χ1v) is 4.88. The van der Waals surface area contributed by atoms with E-state index < -0.39 is 0 Å². The van der Waals surface area contributed by atoms with Crippen molar-refractivity contribution in [1.82, 2.24) is 24.8 Å². The van der Waals surface area contributed by atoms with E-state index in [1.54, 1.807) is 22.4 Å². The average molecular weight is 203 g/mol. The molecule has 0 spiro atoms. The average Bonchev–Trinajstić information content (AvgIpc) is 2.79. The smallest absolute Gasteiger partial charge is 0.234 e. The molecule has 3 rings (SSSR count). The summed E-state index contributed by atoms with van der Waals surface area (Å²) in [4.78, 5) is 4.82. The molecule has 0 aliphatic rings. The van der Waals surface area contributed by atoms with Gasteiger partial charge in [-0.1, -0.05) is 11.3 Å². The van der Waals surface area contributed by atoms with E-state index >= 15 is 0 Å². The van der Waals surface area contributed by atoms with E-state index in [4.69, 9.17) is 0 Å². The molecule has 0 saturated carbocycles. The van der Waals surface area contributed by atoms with Crippen molar-refractivity contribution in [2.45, 2.75) is 0 Å². The van der Waals surface area contributed by atoms with Gasteiger partial charge in [0.05, 0.1) is 0 Å². The Kier molecular flexibility index (Phi) is 1.54. The largest absolute Gasteiger partial charge is 0.264 e. The highest BCUT2D eigenvalue weighted by Crippen LogP contribution is 2.17. The first-order valence-electron chi connectivity index (χ1n) is 4.00. The molecule has 0 fully saturated rings. The predicted molar refractivity (Wildman–Crippen MR) is 51.9 cm³/mol. The molecule has 3 aromatic rings. The van der Waals surface area contributed by atoms with Gasteiger partial charge < -0.3 is 0 Å². The van der Waals surface area contributed by atoms with Crippen molar-refractivity contribution >= 4 is 16.3 Å². The minimum atomic E-state index is 0.731. The van der Waals surface area contributed by atoms with Crippen molar-refractivity contribution in [1.29, 1.82) is 0 Å². The Labute approximate surface area is 83.1 Å². The molecule has 3 heterocycles. The molecule has 3 aromatic heterocycles. The second kappa shape index (κ2) is 2.85. The van der Waals surface area contributed by atoms with E-state index in [0.717, 1.165) is 16.3 Å². The zero-order valence-corrected chi connectivity index (χ0v) is 7.85. The van der Waals surface area contributed by atoms with Crippen LogP contribution in [0.3, 0.4) is 0 Å². The topological polar surface area (TPSA) is 56.0 Å². The van der Waals surface area contributed by atoms with Crippen LogP contribution in [0.25, 0.3) is 16.3 Å². The van der Waals surface area contributed by atoms with Gasteiger partial charge in [0.2, 0.25) is 4.96 Å². The van der Waals surface area contributed by atoms with Crippen LogP contribution in [0.4, 0.5) is 0 Å². The highest BCUT2D eigenvalue weighted by Gasteiger charge is 2.08. The van der Waals surface area contributed by atoms with Gasteiger partial charge in [0, 0.05) is 18.0 Å². The summed E-state index contributed by atoms with van der Waals surface area (Å²) in [5.74, 6) is 0.731. The Morgan fingerprint density at radius 1 is 1.29 bits per heavy atom. The van der Waals surface area contributed by atoms with E-state index in [2.05, 4.69) is 20.3 Å². The van der Waals surface area contributed by atoms with E-state index in [-0.39, 0.29) is 0 Å². The molecule has 0 atom stereocenters. The molecule has 0 aliphatic carbocycles. The molecule has 0 N–H and O–H groups in total. The van der Waals surface area contributed by atoms with Gasteiger partial charge in [-0.2, -0.15) is 9.61 Å². The minimum Gasteiger partial charge on any atom is -0.264 e. The van der Waals surface area contributed by atoms with Crippen molar-refractivity contribution in [3.63, 3.8) is 0 Å². The summed E-state index contributed by atoms with van der Waals surface area (Å²) >= 11 is 1.46. The van der Waals surface area contributed by atoms with Crippen molar-refractivity contribution in [3.8, 4) is 11.4 Å². The van der Waals surface area contributed by atoms with Gasteiger partial charge in [0.1, 0.15) is 5.51 Å². The normalized spacial score (nSPS) is 10.9. The quantitative estimate of drug-likeness (QED) is 0.597. The molecule has 0 amide bonds. The Hall–Kier alpha value is -1.82. The molecule has 68 valence electrons. The maximum atomic E-state index is 4.14. The van der Waals surface area contributed by atoms with Gasteiger partial charge in [-0.25, -0.2) is 0 Å². The second-order valence-corrected chi connectivity index (χ2v) is 3.51. The Morgan fingerprint density at radius 2 is 2.29 bits per heavy atom. The van der Waals surface area contributed by atoms with Crippen LogP contribution in [0.15, 0.2) is 30.0 Å². The highest BCUT2D eigenvalue weighted by molar-refractivity contribution is 7.14. The molecule has 0 bridgehead atoms. The number of aromatic nitrogens is 5. The van der Waals surface area contributed by atoms with E-state index in [1.807, 2.05) is 12.1 Å². The summed E-state index contributed by atoms with van der Waals surface area (Å²) in [7, 11) is 0. The third-order valence-electron chi connectivity index (χ3n) is 1.85. The predicted octanol–water partition coefficient (Wildman–Crippen LogP) is 1.25. The first kappa shape index (κ1) is 7.57. The first-order chi connectivity index (χ1) is 6.95. The van der Waals surface area contributed by atoms with Gasteiger partial charge in [-0.3, -0.25) is 4.98 Å². The summed E-state index contributed by atoms with van der Waals surface area (Å²) < 4.78 is 1.71. The second-order valence-electron chi connectivity index (χ2n) is 2.70. The number of fused-ring (bicyclic) bond motifs is 1. The molecular formula is C8H5N5S. The van der Waals surface area contributed by atoms with Crippen LogP contribution in [-0.2, 0) is 0 Å². The molecule has 14 heavy (non-hydrogen) atoms. The lowest BCUT2D eigenvalue weighted by atomic mass is 10.3. The number of rotatable bonds is 1. The number of nitrogens with zero attached hydrogens (tertiary/aromatic N) is 5. The molecule has 0 aromatic carbocycles. The highest BCUT2D eigenvalue weighted by atomic mass is 32.1. The van der Waals surface area contributed by atoms with Crippen LogP contribution >= 0.6 is 11.3 Å². The van der Waals surface area contributed by atoms with Crippen LogP contribution in [0.2, 0.25) is 0 Å². The Balaban J connectivity index is 2.28. The van der Waals surface area contributed by atoms with Crippen LogP contribution in [0.1, 0.15) is 0 Å². The number of hydrogen-bond acceptors (Lipinski definition) is 5. The standard InChI is InChI=1S/C8H5N5S/c1-2-6(4-9-3-1)7-11-12-8-13(7)10-5-14-8/h1-5H. The monoisotopic (exact) mass is 203 g/mol. The SMILES string of the molecule is c1cncc(-c2nnc3scnn23)c1. The maximum Gasteiger partial charge on any atom is 0.234 e. The van der Waals surface area contributed by atoms with Crippen molar-refractivity contribution in [2.24, 2.45) is 0 Å². The summed E-state index contributed by atoms with van der Waals surface area (Å²) in [6.07, 6.45) is 3.47. The lowest BCUT2D eigenvalue weighted by Crippen LogP contribution is -1.89. The molecule has 0 radical (unpaired) electrons. The fourth-order valence-electron chi connectivity index (χ4n) is 1.24. The van der Waals surface area contributed by atoms with Gasteiger partial charge in [0.25, 0.3) is 0 Å². The summed E-state index contributed by atoms with van der Waals surface area (Å²) in [6.45, 7) is 0. The summed E-state index contributed by atoms with van der Waals surface area (Å²) in [6, 6.07) is 3.80. The van der Waals surface area contributed by atoms with Crippen molar-refractivity contribution < 1.29 is 0 Å². The summed E-state index contributed by atoms with van der Waals surface area (Å²) in [5.41, 5.74) is 2.66. The molecule has 5 nitrogen and oxygen atoms in total. The van der Waals surface area contributed by atoms with Gasteiger partial charge in [-0.15, -0.1) is 10.2 Å². The van der Waals surface area contributed by atoms with Crippen LogP contribution in [-0.4, -0.2) is 24.8 Å². The lowest BCUT2D eigenvalue weighted by Gasteiger charge is -1.93. The van der Waals surface area contributed by atoms with Crippen LogP contribution in [0, 0.1) is 0 Å². The Bertz CT molecular complexity index is 555. The third-order valence-corrected chi connectivity index (χ3v) is 2.52. The molecule has 0 aliphatic heterocycles. The van der Waals surface area contributed by atoms with E-state index in [9.17, 15) is 0 Å².